The molecule has 0 amide bonds. The second-order valence-electron chi connectivity index (χ2n) is 9.10. The van der Waals surface area contributed by atoms with Crippen LogP contribution in [0.4, 0.5) is 22.7 Å². The number of carbonyl (C=O) groups excluding carboxylic acids is 1. The van der Waals surface area contributed by atoms with Gasteiger partial charge < -0.3 is 20.1 Å². The van der Waals surface area contributed by atoms with Crippen molar-refractivity contribution in [3.8, 4) is 11.5 Å². The van der Waals surface area contributed by atoms with Crippen molar-refractivity contribution in [2.75, 3.05) is 17.7 Å². The smallest absolute Gasteiger partial charge is 0.338 e. The van der Waals surface area contributed by atoms with Gasteiger partial charge in [0, 0.05) is 51.9 Å². The second kappa shape index (κ2) is 10.1. The number of anilines is 4. The van der Waals surface area contributed by atoms with Gasteiger partial charge in [-0.1, -0.05) is 66.7 Å². The molecule has 0 aromatic heterocycles. The lowest BCUT2D eigenvalue weighted by molar-refractivity contribution is 0.0599. The van der Waals surface area contributed by atoms with Gasteiger partial charge in [0.05, 0.1) is 12.7 Å². The van der Waals surface area contributed by atoms with Crippen molar-refractivity contribution in [1.82, 2.24) is 0 Å². The minimum atomic E-state index is -0.361. The zero-order valence-corrected chi connectivity index (χ0v) is 20.8. The van der Waals surface area contributed by atoms with Crippen LogP contribution in [0.2, 0.25) is 0 Å². The van der Waals surface area contributed by atoms with E-state index in [2.05, 4.69) is 22.8 Å². The average Bonchev–Trinajstić information content (AvgIpc) is 2.96. The topological polar surface area (TPSA) is 59.6 Å². The summed E-state index contributed by atoms with van der Waals surface area (Å²) in [5, 5.41) is 6.90. The highest BCUT2D eigenvalue weighted by Crippen LogP contribution is 2.49. The van der Waals surface area contributed by atoms with E-state index in [0.29, 0.717) is 5.56 Å². The van der Waals surface area contributed by atoms with E-state index in [-0.39, 0.29) is 11.9 Å². The van der Waals surface area contributed by atoms with E-state index in [0.717, 1.165) is 50.9 Å². The molecule has 0 spiro atoms. The van der Waals surface area contributed by atoms with Crippen LogP contribution in [0, 0.1) is 0 Å². The van der Waals surface area contributed by atoms with E-state index >= 15 is 0 Å². The maximum absolute atomic E-state index is 12.7. The number of esters is 1. The maximum atomic E-state index is 12.7. The van der Waals surface area contributed by atoms with Crippen molar-refractivity contribution in [3.05, 3.63) is 144 Å². The van der Waals surface area contributed by atoms with Gasteiger partial charge in [-0.15, -0.1) is 0 Å². The predicted molar refractivity (Wildman–Crippen MR) is 151 cm³/mol. The molecule has 38 heavy (non-hydrogen) atoms. The molecular formula is C33H26N2O3. The van der Waals surface area contributed by atoms with Crippen molar-refractivity contribution in [2.24, 2.45) is 0 Å². The molecule has 5 nitrogen and oxygen atoms in total. The summed E-state index contributed by atoms with van der Waals surface area (Å²) in [6.07, 6.45) is 0. The first kappa shape index (κ1) is 23.4. The molecule has 0 saturated carbocycles. The number of nitrogens with one attached hydrogen (secondary N) is 2. The lowest BCUT2D eigenvalue weighted by Gasteiger charge is -2.30. The highest BCUT2D eigenvalue weighted by Gasteiger charge is 2.32. The van der Waals surface area contributed by atoms with Crippen LogP contribution >= 0.6 is 0 Å². The van der Waals surface area contributed by atoms with Crippen molar-refractivity contribution in [2.45, 2.75) is 5.92 Å². The van der Waals surface area contributed by atoms with Crippen LogP contribution in [0.3, 0.4) is 0 Å². The maximum Gasteiger partial charge on any atom is 0.338 e. The number of hydrogen-bond acceptors (Lipinski definition) is 5. The minimum Gasteiger partial charge on any atom is -0.465 e. The zero-order valence-electron chi connectivity index (χ0n) is 20.8. The number of para-hydroxylation sites is 2. The number of ether oxygens (including phenoxy) is 2. The molecule has 0 aliphatic carbocycles. The summed E-state index contributed by atoms with van der Waals surface area (Å²) in [4.78, 5) is 12.7. The Labute approximate surface area is 221 Å². The van der Waals surface area contributed by atoms with Crippen molar-refractivity contribution < 1.29 is 14.3 Å². The minimum absolute atomic E-state index is 0.208. The van der Waals surface area contributed by atoms with Crippen LogP contribution in [0.1, 0.15) is 33.0 Å². The van der Waals surface area contributed by atoms with E-state index in [1.54, 1.807) is 0 Å². The van der Waals surface area contributed by atoms with Gasteiger partial charge in [0.15, 0.2) is 0 Å². The van der Waals surface area contributed by atoms with Gasteiger partial charge in [-0.05, 0) is 48.0 Å². The molecule has 0 saturated heterocycles. The summed E-state index contributed by atoms with van der Waals surface area (Å²) >= 11 is 0. The molecule has 1 heterocycles. The van der Waals surface area contributed by atoms with E-state index < -0.39 is 0 Å². The van der Waals surface area contributed by atoms with Gasteiger partial charge in [-0.25, -0.2) is 4.79 Å². The van der Waals surface area contributed by atoms with Gasteiger partial charge in [-0.2, -0.15) is 0 Å². The molecule has 0 radical (unpaired) electrons. The van der Waals surface area contributed by atoms with Gasteiger partial charge in [-0.3, -0.25) is 0 Å². The Bertz CT molecular complexity index is 1510. The number of fused-ring (bicyclic) bond motifs is 2. The Hall–Kier alpha value is -5.03. The number of methoxy groups -OCH3 is 1. The molecule has 2 N–H and O–H groups in total. The van der Waals surface area contributed by atoms with E-state index in [4.69, 9.17) is 9.47 Å². The lowest BCUT2D eigenvalue weighted by Crippen LogP contribution is -2.16. The first-order valence-corrected chi connectivity index (χ1v) is 12.5. The van der Waals surface area contributed by atoms with Crippen molar-refractivity contribution >= 4 is 28.7 Å². The van der Waals surface area contributed by atoms with Crippen molar-refractivity contribution in [1.29, 1.82) is 0 Å². The number of rotatable bonds is 6. The summed E-state index contributed by atoms with van der Waals surface area (Å²) in [5.74, 6) is 0.903. The van der Waals surface area contributed by atoms with Crippen LogP contribution in [0.5, 0.6) is 11.5 Å². The summed E-state index contributed by atoms with van der Waals surface area (Å²) in [7, 11) is 1.41. The number of hydrogen-bond donors (Lipinski definition) is 2. The Morgan fingerprint density at radius 2 is 1.11 bits per heavy atom. The fraction of sp³-hybridized carbons (Fsp3) is 0.0606. The first-order valence-electron chi connectivity index (χ1n) is 12.5. The summed E-state index contributed by atoms with van der Waals surface area (Å²) in [5.41, 5.74) is 7.19. The van der Waals surface area contributed by atoms with Crippen LogP contribution in [-0.4, -0.2) is 13.1 Å². The second-order valence-corrected chi connectivity index (χ2v) is 9.10. The number of benzene rings is 5. The quantitative estimate of drug-likeness (QED) is 0.226. The normalized spacial score (nSPS) is 12.0. The Kier molecular flexibility index (Phi) is 6.24. The Morgan fingerprint density at radius 1 is 0.605 bits per heavy atom. The van der Waals surface area contributed by atoms with Gasteiger partial charge in [0.2, 0.25) is 0 Å². The molecule has 0 unspecified atom stereocenters. The van der Waals surface area contributed by atoms with Gasteiger partial charge >= 0.3 is 5.97 Å². The highest BCUT2D eigenvalue weighted by molar-refractivity contribution is 5.92. The van der Waals surface area contributed by atoms with Crippen LogP contribution in [0.15, 0.2) is 121 Å². The Balaban J connectivity index is 1.46. The molecule has 6 rings (SSSR count). The van der Waals surface area contributed by atoms with Crippen molar-refractivity contribution in [3.63, 3.8) is 0 Å². The third-order valence-corrected chi connectivity index (χ3v) is 6.67. The third kappa shape index (κ3) is 4.58. The fourth-order valence-corrected chi connectivity index (χ4v) is 4.92. The molecule has 1 aliphatic heterocycles. The molecule has 186 valence electrons. The Morgan fingerprint density at radius 3 is 1.63 bits per heavy atom. The largest absolute Gasteiger partial charge is 0.465 e. The molecule has 5 aromatic carbocycles. The first-order chi connectivity index (χ1) is 18.7. The molecule has 0 fully saturated rings. The van der Waals surface area contributed by atoms with E-state index in [1.165, 1.54) is 7.11 Å². The molecule has 0 atom stereocenters. The standard InChI is InChI=1S/C33H26N2O3/c1-37-33(36)27-15-9-8-14-26(27)32-28-18-16-24(34-22-10-4-2-5-11-22)20-30(28)38-31-21-25(17-19-29(31)32)35-23-12-6-3-7-13-23/h2-21,32,34-35H,1H3. The van der Waals surface area contributed by atoms with Crippen LogP contribution in [0.25, 0.3) is 0 Å². The fourth-order valence-electron chi connectivity index (χ4n) is 4.92. The molecule has 5 aromatic rings. The van der Waals surface area contributed by atoms with E-state index in [9.17, 15) is 4.79 Å². The number of carbonyl (C=O) groups is 1. The molecular weight excluding hydrogens is 472 g/mol. The lowest BCUT2D eigenvalue weighted by atomic mass is 9.80. The molecule has 0 bridgehead atoms. The van der Waals surface area contributed by atoms with Gasteiger partial charge in [0.25, 0.3) is 0 Å². The zero-order chi connectivity index (χ0) is 25.9. The SMILES string of the molecule is COC(=O)c1ccccc1C1c2ccc(Nc3ccccc3)cc2Oc2cc(Nc3ccccc3)ccc21. The van der Waals surface area contributed by atoms with Crippen LogP contribution < -0.4 is 15.4 Å². The summed E-state index contributed by atoms with van der Waals surface area (Å²) in [6, 6.07) is 39.9. The third-order valence-electron chi connectivity index (χ3n) is 6.67. The summed E-state index contributed by atoms with van der Waals surface area (Å²) < 4.78 is 11.6. The molecule has 1 aliphatic rings. The average molecular weight is 499 g/mol. The van der Waals surface area contributed by atoms with E-state index in [1.807, 2.05) is 109 Å². The predicted octanol–water partition coefficient (Wildman–Crippen LogP) is 8.25. The van der Waals surface area contributed by atoms with Gasteiger partial charge in [0.1, 0.15) is 11.5 Å². The van der Waals surface area contributed by atoms with Crippen LogP contribution in [-0.2, 0) is 4.74 Å². The molecule has 5 heteroatoms. The highest BCUT2D eigenvalue weighted by atomic mass is 16.5. The summed E-state index contributed by atoms with van der Waals surface area (Å²) in [6.45, 7) is 0. The monoisotopic (exact) mass is 498 g/mol.